The minimum Gasteiger partial charge on any atom is -0.492 e. The second-order valence-corrected chi connectivity index (χ2v) is 8.14. The van der Waals surface area contributed by atoms with Gasteiger partial charge in [-0.3, -0.25) is 0 Å². The highest BCUT2D eigenvalue weighted by Crippen LogP contribution is 2.54. The van der Waals surface area contributed by atoms with Gasteiger partial charge in [0.25, 0.3) is 0 Å². The fraction of sp³-hybridized carbons (Fsp3) is 0.667. The zero-order valence-corrected chi connectivity index (χ0v) is 13.1. The zero-order valence-electron chi connectivity index (χ0n) is 12.4. The van der Waals surface area contributed by atoms with Crippen LogP contribution in [0.5, 0.6) is 5.75 Å². The highest BCUT2D eigenvalue weighted by Gasteiger charge is 2.43. The summed E-state index contributed by atoms with van der Waals surface area (Å²) in [6, 6.07) is 6.62. The molecule has 0 radical (unpaired) electrons. The largest absolute Gasteiger partial charge is 0.492 e. The minimum atomic E-state index is 0.122. The Morgan fingerprint density at radius 1 is 1.25 bits per heavy atom. The van der Waals surface area contributed by atoms with E-state index >= 15 is 0 Å². The predicted molar refractivity (Wildman–Crippen MR) is 82.5 cm³/mol. The average Bonchev–Trinajstić information content (AvgIpc) is 3.13. The van der Waals surface area contributed by atoms with Crippen molar-refractivity contribution in [2.75, 3.05) is 6.61 Å². The van der Waals surface area contributed by atoms with E-state index in [1.165, 1.54) is 36.8 Å². The molecule has 4 rings (SSSR count). The van der Waals surface area contributed by atoms with Gasteiger partial charge < -0.3 is 4.74 Å². The number of alkyl halides is 1. The van der Waals surface area contributed by atoms with Crippen molar-refractivity contribution in [1.82, 2.24) is 0 Å². The molecule has 1 aromatic rings. The van der Waals surface area contributed by atoms with Crippen LogP contribution in [0.4, 0.5) is 0 Å². The van der Waals surface area contributed by atoms with Crippen LogP contribution in [0.3, 0.4) is 0 Å². The van der Waals surface area contributed by atoms with Crippen molar-refractivity contribution in [1.29, 1.82) is 0 Å². The minimum absolute atomic E-state index is 0.122. The predicted octanol–water partition coefficient (Wildman–Crippen LogP) is 5.07. The summed E-state index contributed by atoms with van der Waals surface area (Å²) in [7, 11) is 0. The molecule has 1 heterocycles. The van der Waals surface area contributed by atoms with Crippen molar-refractivity contribution >= 4 is 11.6 Å². The SMILES string of the molecule is CC1(C)COc2ccc(C(Cl)C3CC4CCC3C4)cc21. The average molecular weight is 291 g/mol. The van der Waals surface area contributed by atoms with Crippen LogP contribution in [0.2, 0.25) is 0 Å². The van der Waals surface area contributed by atoms with E-state index in [-0.39, 0.29) is 10.8 Å². The van der Waals surface area contributed by atoms with Crippen LogP contribution in [0.15, 0.2) is 18.2 Å². The van der Waals surface area contributed by atoms with Gasteiger partial charge in [0.1, 0.15) is 5.75 Å². The van der Waals surface area contributed by atoms with Crippen molar-refractivity contribution in [2.24, 2.45) is 17.8 Å². The maximum atomic E-state index is 6.86. The van der Waals surface area contributed by atoms with Gasteiger partial charge in [-0.1, -0.05) is 26.3 Å². The van der Waals surface area contributed by atoms with Gasteiger partial charge in [0.2, 0.25) is 0 Å². The molecule has 0 amide bonds. The van der Waals surface area contributed by atoms with Gasteiger partial charge in [-0.15, -0.1) is 11.6 Å². The lowest BCUT2D eigenvalue weighted by molar-refractivity contribution is 0.291. The molecular weight excluding hydrogens is 268 g/mol. The Balaban J connectivity index is 1.63. The second kappa shape index (κ2) is 4.40. The van der Waals surface area contributed by atoms with Crippen LogP contribution in [0, 0.1) is 17.8 Å². The first kappa shape index (κ1) is 13.0. The summed E-state index contributed by atoms with van der Waals surface area (Å²) >= 11 is 6.86. The number of benzene rings is 1. The van der Waals surface area contributed by atoms with Crippen molar-refractivity contribution < 1.29 is 4.74 Å². The standard InChI is InChI=1S/C18H23ClO/c1-18(2)10-20-16-6-5-13(9-15(16)18)17(19)14-8-11-3-4-12(14)7-11/h5-6,9,11-12,14,17H,3-4,7-8,10H2,1-2H3. The molecule has 2 bridgehead atoms. The van der Waals surface area contributed by atoms with Crippen LogP contribution in [0.1, 0.15) is 56.0 Å². The fourth-order valence-electron chi connectivity index (χ4n) is 4.61. The molecule has 1 aromatic carbocycles. The van der Waals surface area contributed by atoms with Gasteiger partial charge in [0.05, 0.1) is 12.0 Å². The number of halogens is 1. The van der Waals surface area contributed by atoms with E-state index in [1.54, 1.807) is 0 Å². The Morgan fingerprint density at radius 2 is 2.10 bits per heavy atom. The smallest absolute Gasteiger partial charge is 0.123 e. The monoisotopic (exact) mass is 290 g/mol. The van der Waals surface area contributed by atoms with Gasteiger partial charge in [-0.2, -0.15) is 0 Å². The van der Waals surface area contributed by atoms with Gasteiger partial charge in [0, 0.05) is 11.0 Å². The van der Waals surface area contributed by atoms with Crippen molar-refractivity contribution in [3.05, 3.63) is 29.3 Å². The van der Waals surface area contributed by atoms with Crippen LogP contribution >= 0.6 is 11.6 Å². The molecule has 0 aromatic heterocycles. The molecule has 3 aliphatic rings. The van der Waals surface area contributed by atoms with Crippen molar-refractivity contribution in [3.63, 3.8) is 0 Å². The lowest BCUT2D eigenvalue weighted by Crippen LogP contribution is -2.19. The van der Waals surface area contributed by atoms with Gasteiger partial charge in [-0.25, -0.2) is 0 Å². The second-order valence-electron chi connectivity index (χ2n) is 7.67. The van der Waals surface area contributed by atoms with E-state index in [0.717, 1.165) is 24.2 Å². The molecule has 4 atom stereocenters. The summed E-state index contributed by atoms with van der Waals surface area (Å²) in [5.41, 5.74) is 2.77. The highest BCUT2D eigenvalue weighted by atomic mass is 35.5. The van der Waals surface area contributed by atoms with E-state index in [1.807, 2.05) is 0 Å². The van der Waals surface area contributed by atoms with Crippen LogP contribution < -0.4 is 4.74 Å². The molecule has 2 saturated carbocycles. The molecule has 4 unspecified atom stereocenters. The maximum absolute atomic E-state index is 6.86. The quantitative estimate of drug-likeness (QED) is 0.691. The molecule has 0 N–H and O–H groups in total. The number of rotatable bonds is 2. The Labute approximate surface area is 126 Å². The summed E-state index contributed by atoms with van der Waals surface area (Å²) in [5, 5.41) is 0.187. The van der Waals surface area contributed by atoms with Gasteiger partial charge >= 0.3 is 0 Å². The first-order valence-corrected chi connectivity index (χ1v) is 8.39. The van der Waals surface area contributed by atoms with E-state index in [9.17, 15) is 0 Å². The molecule has 108 valence electrons. The van der Waals surface area contributed by atoms with Crippen LogP contribution in [-0.2, 0) is 5.41 Å². The normalized spacial score (nSPS) is 34.9. The van der Waals surface area contributed by atoms with Gasteiger partial charge in [0.15, 0.2) is 0 Å². The summed E-state index contributed by atoms with van der Waals surface area (Å²) in [6.45, 7) is 5.29. The Morgan fingerprint density at radius 3 is 2.80 bits per heavy atom. The molecule has 2 aliphatic carbocycles. The number of fused-ring (bicyclic) bond motifs is 3. The first-order chi connectivity index (χ1) is 9.54. The van der Waals surface area contributed by atoms with E-state index in [4.69, 9.17) is 16.3 Å². The van der Waals surface area contributed by atoms with Crippen LogP contribution in [0.25, 0.3) is 0 Å². The summed E-state index contributed by atoms with van der Waals surface area (Å²) < 4.78 is 5.78. The topological polar surface area (TPSA) is 9.23 Å². The Kier molecular flexibility index (Phi) is 2.86. The zero-order chi connectivity index (χ0) is 13.9. The number of hydrogen-bond donors (Lipinski definition) is 0. The van der Waals surface area contributed by atoms with Crippen LogP contribution in [-0.4, -0.2) is 6.61 Å². The summed E-state index contributed by atoms with van der Waals surface area (Å²) in [6.07, 6.45) is 5.61. The van der Waals surface area contributed by atoms with E-state index in [2.05, 4.69) is 32.0 Å². The van der Waals surface area contributed by atoms with Gasteiger partial charge in [-0.05, 0) is 54.7 Å². The molecule has 0 saturated heterocycles. The molecule has 0 spiro atoms. The highest BCUT2D eigenvalue weighted by molar-refractivity contribution is 6.21. The fourth-order valence-corrected chi connectivity index (χ4v) is 5.05. The van der Waals surface area contributed by atoms with Crippen molar-refractivity contribution in [3.8, 4) is 5.75 Å². The van der Waals surface area contributed by atoms with E-state index in [0.29, 0.717) is 5.92 Å². The number of hydrogen-bond acceptors (Lipinski definition) is 1. The van der Waals surface area contributed by atoms with Crippen molar-refractivity contribution in [2.45, 2.75) is 50.3 Å². The third-order valence-corrected chi connectivity index (χ3v) is 6.38. The third kappa shape index (κ3) is 1.89. The molecule has 1 nitrogen and oxygen atoms in total. The summed E-state index contributed by atoms with van der Waals surface area (Å²) in [4.78, 5) is 0. The molecular formula is C18H23ClO. The number of ether oxygens (including phenoxy) is 1. The summed E-state index contributed by atoms with van der Waals surface area (Å²) in [5.74, 6) is 3.58. The molecule has 2 fully saturated rings. The molecule has 1 aliphatic heterocycles. The maximum Gasteiger partial charge on any atom is 0.123 e. The van der Waals surface area contributed by atoms with E-state index < -0.39 is 0 Å². The Bertz CT molecular complexity index is 536. The lowest BCUT2D eigenvalue weighted by Gasteiger charge is -2.27. The first-order valence-electron chi connectivity index (χ1n) is 7.96. The lowest BCUT2D eigenvalue weighted by atomic mass is 9.81. The third-order valence-electron chi connectivity index (χ3n) is 5.81. The molecule has 20 heavy (non-hydrogen) atoms. The molecule has 2 heteroatoms. The Hall–Kier alpha value is -0.690.